The predicted molar refractivity (Wildman–Crippen MR) is 90.4 cm³/mol. The van der Waals surface area contributed by atoms with Gasteiger partial charge in [-0.25, -0.2) is 27.7 Å². The van der Waals surface area contributed by atoms with Gasteiger partial charge in [-0.3, -0.25) is 4.79 Å². The Balaban J connectivity index is 1.78. The molecule has 0 aliphatic carbocycles. The maximum absolute atomic E-state index is 13.3. The molecule has 1 atom stereocenters. The van der Waals surface area contributed by atoms with E-state index in [2.05, 4.69) is 5.32 Å². The van der Waals surface area contributed by atoms with E-state index in [-0.39, 0.29) is 43.1 Å². The zero-order valence-corrected chi connectivity index (χ0v) is 14.8. The maximum Gasteiger partial charge on any atom is 0.416 e. The fraction of sp³-hybridized carbons (Fsp3) is 0.353. The number of halogens is 3. The third kappa shape index (κ3) is 3.59. The number of nitrogens with zero attached hydrogens (tertiary/aromatic N) is 2. The van der Waals surface area contributed by atoms with Crippen LogP contribution in [0.25, 0.3) is 0 Å². The van der Waals surface area contributed by atoms with Gasteiger partial charge in [-0.15, -0.1) is 0 Å². The number of anilines is 1. The van der Waals surface area contributed by atoms with Crippen LogP contribution in [0.4, 0.5) is 28.4 Å². The number of amides is 4. The number of hydrogen-bond acceptors (Lipinski definition) is 5. The summed E-state index contributed by atoms with van der Waals surface area (Å²) in [5.74, 6) is -5.21. The number of carbonyl (C=O) groups excluding carboxylic acids is 3. The first-order valence-electron chi connectivity index (χ1n) is 8.37. The lowest BCUT2D eigenvalue weighted by atomic mass is 10.00. The first kappa shape index (κ1) is 19.5. The van der Waals surface area contributed by atoms with Gasteiger partial charge in [-0.05, 0) is 6.92 Å². The zero-order valence-electron chi connectivity index (χ0n) is 14.8. The van der Waals surface area contributed by atoms with Crippen molar-refractivity contribution in [2.75, 3.05) is 25.0 Å². The lowest BCUT2D eigenvalue weighted by molar-refractivity contribution is -0.124. The number of hydrogen-bond donors (Lipinski definition) is 2. The highest BCUT2D eigenvalue weighted by molar-refractivity contribution is 6.04. The smallest absolute Gasteiger partial charge is 0.416 e. The highest BCUT2D eigenvalue weighted by atomic mass is 19.2. The van der Waals surface area contributed by atoms with Gasteiger partial charge in [0.15, 0.2) is 17.5 Å². The molecular weight excluding hydrogens is 381 g/mol. The summed E-state index contributed by atoms with van der Waals surface area (Å²) in [4.78, 5) is 38.8. The minimum atomic E-state index is -1.65. The van der Waals surface area contributed by atoms with Gasteiger partial charge in [-0.2, -0.15) is 0 Å². The van der Waals surface area contributed by atoms with Crippen LogP contribution in [0.5, 0.6) is 0 Å². The van der Waals surface area contributed by atoms with Crippen LogP contribution in [-0.2, 0) is 9.53 Å². The van der Waals surface area contributed by atoms with Crippen LogP contribution in [0.2, 0.25) is 0 Å². The first-order valence-corrected chi connectivity index (χ1v) is 8.37. The second-order valence-corrected chi connectivity index (χ2v) is 6.44. The molecule has 1 fully saturated rings. The van der Waals surface area contributed by atoms with E-state index in [0.717, 1.165) is 4.90 Å². The summed E-state index contributed by atoms with van der Waals surface area (Å²) in [6.45, 7) is 1.60. The molecule has 2 aliphatic heterocycles. The molecule has 4 amide bonds. The van der Waals surface area contributed by atoms with E-state index < -0.39 is 41.5 Å². The quantitative estimate of drug-likeness (QED) is 0.741. The molecular formula is C17H17F3N4O4. The standard InChI is InChI=1S/C17H17F3N4O4/c1-8-4-13(21)10(15(25)23-2-3-28-17(23)27)7-24(8)16(26)22-9-5-11(18)14(20)12(19)6-9/h5-6,8H,2-4,7,21H2,1H3,(H,22,26)/t8-/m0/s1. The number of imide groups is 1. The summed E-state index contributed by atoms with van der Waals surface area (Å²) in [6.07, 6.45) is -0.638. The van der Waals surface area contributed by atoms with Crippen LogP contribution in [-0.4, -0.2) is 53.6 Å². The molecule has 0 bridgehead atoms. The summed E-state index contributed by atoms with van der Waals surface area (Å²) in [5.41, 5.74) is 5.95. The molecule has 2 heterocycles. The van der Waals surface area contributed by atoms with Crippen molar-refractivity contribution in [2.45, 2.75) is 19.4 Å². The molecule has 11 heteroatoms. The summed E-state index contributed by atoms with van der Waals surface area (Å²) in [6, 6.07) is 0.0833. The molecule has 1 saturated heterocycles. The molecule has 28 heavy (non-hydrogen) atoms. The number of nitrogens with one attached hydrogen (secondary N) is 1. The average molecular weight is 398 g/mol. The fourth-order valence-electron chi connectivity index (χ4n) is 3.02. The Labute approximate surface area is 157 Å². The van der Waals surface area contributed by atoms with E-state index in [0.29, 0.717) is 12.1 Å². The fourth-order valence-corrected chi connectivity index (χ4v) is 3.02. The van der Waals surface area contributed by atoms with Crippen molar-refractivity contribution in [3.63, 3.8) is 0 Å². The highest BCUT2D eigenvalue weighted by Gasteiger charge is 2.36. The monoisotopic (exact) mass is 398 g/mol. The zero-order chi connectivity index (χ0) is 20.6. The van der Waals surface area contributed by atoms with Crippen LogP contribution in [0.1, 0.15) is 13.3 Å². The van der Waals surface area contributed by atoms with E-state index in [1.807, 2.05) is 0 Å². The number of carbonyl (C=O) groups is 3. The summed E-state index contributed by atoms with van der Waals surface area (Å²) < 4.78 is 44.5. The number of cyclic esters (lactones) is 1. The Bertz CT molecular complexity index is 866. The molecule has 1 aromatic rings. The van der Waals surface area contributed by atoms with E-state index in [1.165, 1.54) is 4.90 Å². The van der Waals surface area contributed by atoms with Crippen LogP contribution in [0.15, 0.2) is 23.4 Å². The molecule has 0 radical (unpaired) electrons. The van der Waals surface area contributed by atoms with Gasteiger partial charge in [0.25, 0.3) is 5.91 Å². The number of benzene rings is 1. The van der Waals surface area contributed by atoms with Crippen LogP contribution >= 0.6 is 0 Å². The summed E-state index contributed by atoms with van der Waals surface area (Å²) in [5, 5.41) is 2.26. The number of rotatable bonds is 2. The van der Waals surface area contributed by atoms with Gasteiger partial charge in [0, 0.05) is 36.0 Å². The van der Waals surface area contributed by atoms with E-state index in [4.69, 9.17) is 10.5 Å². The normalized spacial score (nSPS) is 19.7. The molecule has 3 rings (SSSR count). The number of nitrogens with two attached hydrogens (primary N) is 1. The molecule has 1 aromatic carbocycles. The third-order valence-corrected chi connectivity index (χ3v) is 4.52. The maximum atomic E-state index is 13.3. The molecule has 8 nitrogen and oxygen atoms in total. The van der Waals surface area contributed by atoms with Crippen molar-refractivity contribution in [1.29, 1.82) is 0 Å². The Morgan fingerprint density at radius 2 is 1.89 bits per heavy atom. The van der Waals surface area contributed by atoms with Crippen molar-refractivity contribution in [3.05, 3.63) is 40.9 Å². The minimum absolute atomic E-state index is 0.0589. The summed E-state index contributed by atoms with van der Waals surface area (Å²) >= 11 is 0. The van der Waals surface area contributed by atoms with Crippen molar-refractivity contribution in [2.24, 2.45) is 5.73 Å². The SMILES string of the molecule is C[C@H]1CC(N)=C(C(=O)N2CCOC2=O)CN1C(=O)Nc1cc(F)c(F)c(F)c1. The molecule has 2 aliphatic rings. The molecule has 0 spiro atoms. The Morgan fingerprint density at radius 3 is 2.46 bits per heavy atom. The van der Waals surface area contributed by atoms with Crippen molar-refractivity contribution < 1.29 is 32.3 Å². The van der Waals surface area contributed by atoms with Gasteiger partial charge in [0.05, 0.1) is 18.7 Å². The average Bonchev–Trinajstić information content (AvgIpc) is 3.05. The van der Waals surface area contributed by atoms with E-state index in [1.54, 1.807) is 6.92 Å². The summed E-state index contributed by atoms with van der Waals surface area (Å²) in [7, 11) is 0. The third-order valence-electron chi connectivity index (χ3n) is 4.52. The van der Waals surface area contributed by atoms with Gasteiger partial charge in [0.1, 0.15) is 6.61 Å². The van der Waals surface area contributed by atoms with E-state index >= 15 is 0 Å². The number of ether oxygens (including phenoxy) is 1. The minimum Gasteiger partial charge on any atom is -0.447 e. The molecule has 150 valence electrons. The largest absolute Gasteiger partial charge is 0.447 e. The lowest BCUT2D eigenvalue weighted by Gasteiger charge is -2.35. The second kappa shape index (κ2) is 7.41. The van der Waals surface area contributed by atoms with Gasteiger partial charge >= 0.3 is 12.1 Å². The van der Waals surface area contributed by atoms with Crippen molar-refractivity contribution in [3.8, 4) is 0 Å². The van der Waals surface area contributed by atoms with Crippen LogP contribution < -0.4 is 11.1 Å². The Hall–Kier alpha value is -3.24. The molecule has 0 aromatic heterocycles. The van der Waals surface area contributed by atoms with Crippen LogP contribution in [0.3, 0.4) is 0 Å². The van der Waals surface area contributed by atoms with Crippen LogP contribution in [0, 0.1) is 17.5 Å². The van der Waals surface area contributed by atoms with Gasteiger partial charge < -0.3 is 20.7 Å². The van der Waals surface area contributed by atoms with Gasteiger partial charge in [0.2, 0.25) is 0 Å². The van der Waals surface area contributed by atoms with Gasteiger partial charge in [-0.1, -0.05) is 0 Å². The van der Waals surface area contributed by atoms with E-state index in [9.17, 15) is 27.6 Å². The molecule has 0 unspecified atom stereocenters. The first-order chi connectivity index (χ1) is 13.2. The topological polar surface area (TPSA) is 105 Å². The van der Waals surface area contributed by atoms with Crippen molar-refractivity contribution in [1.82, 2.24) is 9.80 Å². The second-order valence-electron chi connectivity index (χ2n) is 6.44. The Morgan fingerprint density at radius 1 is 1.25 bits per heavy atom. The highest BCUT2D eigenvalue weighted by Crippen LogP contribution is 2.24. The predicted octanol–water partition coefficient (Wildman–Crippen LogP) is 1.92. The van der Waals surface area contributed by atoms with Crippen molar-refractivity contribution >= 4 is 23.7 Å². The molecule has 3 N–H and O–H groups in total. The Kier molecular flexibility index (Phi) is 5.16. The number of urea groups is 1. The molecule has 0 saturated carbocycles. The lowest BCUT2D eigenvalue weighted by Crippen LogP contribution is -2.49.